The van der Waals surface area contributed by atoms with Crippen LogP contribution in [0, 0.1) is 6.92 Å². The standard InChI is InChI=1S/C12H14N4O4S/c1-7-14-15-12(20-7)16-21(17,18)10-6-9(13)5-8-3-2-4-19-11(8)10/h5-6H,2-4,13H2,1H3,(H,15,16). The number of nitrogens with zero attached hydrogens (tertiary/aromatic N) is 2. The van der Waals surface area contributed by atoms with Gasteiger partial charge in [0.25, 0.3) is 10.0 Å². The predicted octanol–water partition coefficient (Wildman–Crippen LogP) is 1.09. The summed E-state index contributed by atoms with van der Waals surface area (Å²) in [5.74, 6) is 0.595. The van der Waals surface area contributed by atoms with E-state index in [1.54, 1.807) is 13.0 Å². The van der Waals surface area contributed by atoms with Gasteiger partial charge in [-0.2, -0.15) is 0 Å². The predicted molar refractivity (Wildman–Crippen MR) is 74.5 cm³/mol. The summed E-state index contributed by atoms with van der Waals surface area (Å²) in [7, 11) is -3.92. The maximum Gasteiger partial charge on any atom is 0.329 e. The van der Waals surface area contributed by atoms with Crippen LogP contribution in [0.5, 0.6) is 5.75 Å². The number of anilines is 2. The Labute approximate surface area is 121 Å². The molecule has 1 aromatic carbocycles. The SMILES string of the molecule is Cc1nnc(NS(=O)(=O)c2cc(N)cc3c2OCCC3)o1. The Morgan fingerprint density at radius 1 is 1.33 bits per heavy atom. The van der Waals surface area contributed by atoms with Gasteiger partial charge < -0.3 is 14.9 Å². The molecule has 0 atom stereocenters. The summed E-state index contributed by atoms with van der Waals surface area (Å²) in [6.07, 6.45) is 1.55. The zero-order valence-electron chi connectivity index (χ0n) is 11.3. The second-order valence-electron chi connectivity index (χ2n) is 4.69. The van der Waals surface area contributed by atoms with Crippen LogP contribution in [0.25, 0.3) is 0 Å². The molecular weight excluding hydrogens is 296 g/mol. The first-order valence-corrected chi connectivity index (χ1v) is 7.82. The van der Waals surface area contributed by atoms with E-state index in [0.29, 0.717) is 18.0 Å². The Kier molecular flexibility index (Phi) is 3.20. The maximum absolute atomic E-state index is 12.5. The first-order chi connectivity index (χ1) is 9.95. The van der Waals surface area contributed by atoms with Gasteiger partial charge >= 0.3 is 6.01 Å². The highest BCUT2D eigenvalue weighted by atomic mass is 32.2. The van der Waals surface area contributed by atoms with E-state index in [2.05, 4.69) is 14.9 Å². The highest BCUT2D eigenvalue weighted by Gasteiger charge is 2.26. The topological polar surface area (TPSA) is 120 Å². The third-order valence-corrected chi connectivity index (χ3v) is 4.35. The second-order valence-corrected chi connectivity index (χ2v) is 6.34. The van der Waals surface area contributed by atoms with Gasteiger partial charge in [-0.3, -0.25) is 0 Å². The number of hydrogen-bond acceptors (Lipinski definition) is 7. The molecule has 2 heterocycles. The van der Waals surface area contributed by atoms with Crippen LogP contribution in [-0.4, -0.2) is 25.2 Å². The van der Waals surface area contributed by atoms with Gasteiger partial charge in [0, 0.05) is 12.6 Å². The number of benzene rings is 1. The Morgan fingerprint density at radius 3 is 2.86 bits per heavy atom. The Bertz CT molecular complexity index is 785. The summed E-state index contributed by atoms with van der Waals surface area (Å²) in [5, 5.41) is 7.18. The van der Waals surface area contributed by atoms with E-state index >= 15 is 0 Å². The number of aryl methyl sites for hydroxylation is 2. The van der Waals surface area contributed by atoms with Crippen molar-refractivity contribution in [2.75, 3.05) is 17.1 Å². The second kappa shape index (κ2) is 4.92. The van der Waals surface area contributed by atoms with Gasteiger partial charge in [-0.15, -0.1) is 5.10 Å². The molecule has 0 unspecified atom stereocenters. The van der Waals surface area contributed by atoms with Crippen LogP contribution in [0.15, 0.2) is 21.4 Å². The fourth-order valence-corrected chi connectivity index (χ4v) is 3.32. The van der Waals surface area contributed by atoms with Gasteiger partial charge in [0.1, 0.15) is 10.6 Å². The first-order valence-electron chi connectivity index (χ1n) is 6.34. The highest BCUT2D eigenvalue weighted by Crippen LogP contribution is 2.35. The van der Waals surface area contributed by atoms with Crippen molar-refractivity contribution in [3.63, 3.8) is 0 Å². The molecule has 0 spiro atoms. The van der Waals surface area contributed by atoms with Crippen LogP contribution in [0.1, 0.15) is 17.9 Å². The van der Waals surface area contributed by atoms with Crippen LogP contribution in [-0.2, 0) is 16.4 Å². The number of rotatable bonds is 3. The molecule has 1 aromatic heterocycles. The molecule has 0 saturated heterocycles. The largest absolute Gasteiger partial charge is 0.492 e. The van der Waals surface area contributed by atoms with E-state index in [9.17, 15) is 8.42 Å². The minimum atomic E-state index is -3.92. The molecule has 8 nitrogen and oxygen atoms in total. The third-order valence-electron chi connectivity index (χ3n) is 3.03. The molecule has 1 aliphatic heterocycles. The summed E-state index contributed by atoms with van der Waals surface area (Å²) >= 11 is 0. The average Bonchev–Trinajstić information content (AvgIpc) is 2.82. The minimum Gasteiger partial charge on any atom is -0.492 e. The van der Waals surface area contributed by atoms with Crippen LogP contribution < -0.4 is 15.2 Å². The number of ether oxygens (including phenoxy) is 1. The van der Waals surface area contributed by atoms with E-state index in [0.717, 1.165) is 18.4 Å². The molecule has 3 rings (SSSR count). The quantitative estimate of drug-likeness (QED) is 0.814. The Morgan fingerprint density at radius 2 is 2.14 bits per heavy atom. The fraction of sp³-hybridized carbons (Fsp3) is 0.333. The number of hydrogen-bond donors (Lipinski definition) is 2. The number of sulfonamides is 1. The highest BCUT2D eigenvalue weighted by molar-refractivity contribution is 7.92. The minimum absolute atomic E-state index is 0.0203. The smallest absolute Gasteiger partial charge is 0.329 e. The number of nitrogen functional groups attached to an aromatic ring is 1. The maximum atomic E-state index is 12.5. The van der Waals surface area contributed by atoms with Gasteiger partial charge in [-0.05, 0) is 30.5 Å². The first kappa shape index (κ1) is 13.7. The van der Waals surface area contributed by atoms with Gasteiger partial charge in [0.15, 0.2) is 0 Å². The molecule has 0 saturated carbocycles. The third kappa shape index (κ3) is 2.64. The van der Waals surface area contributed by atoms with Crippen LogP contribution >= 0.6 is 0 Å². The molecule has 0 radical (unpaired) electrons. The zero-order chi connectivity index (χ0) is 15.0. The monoisotopic (exact) mass is 310 g/mol. The van der Waals surface area contributed by atoms with Crippen molar-refractivity contribution >= 4 is 21.7 Å². The van der Waals surface area contributed by atoms with Gasteiger partial charge in [0.2, 0.25) is 5.89 Å². The number of nitrogens with two attached hydrogens (primary N) is 1. The normalized spacial score (nSPS) is 14.3. The molecule has 0 bridgehead atoms. The molecule has 2 aromatic rings. The van der Waals surface area contributed by atoms with Crippen LogP contribution in [0.3, 0.4) is 0 Å². The summed E-state index contributed by atoms with van der Waals surface area (Å²) in [6, 6.07) is 2.89. The molecule has 0 aliphatic carbocycles. The van der Waals surface area contributed by atoms with Crippen molar-refractivity contribution in [2.45, 2.75) is 24.7 Å². The molecular formula is C12H14N4O4S. The summed E-state index contributed by atoms with van der Waals surface area (Å²) in [6.45, 7) is 2.04. The lowest BCUT2D eigenvalue weighted by molar-refractivity contribution is 0.280. The lowest BCUT2D eigenvalue weighted by Crippen LogP contribution is -2.18. The van der Waals surface area contributed by atoms with Crippen molar-refractivity contribution in [3.8, 4) is 5.75 Å². The molecule has 3 N–H and O–H groups in total. The molecule has 112 valence electrons. The van der Waals surface area contributed by atoms with E-state index in [1.165, 1.54) is 6.07 Å². The van der Waals surface area contributed by atoms with Gasteiger partial charge in [-0.25, -0.2) is 13.1 Å². The van der Waals surface area contributed by atoms with Crippen molar-refractivity contribution < 1.29 is 17.6 Å². The van der Waals surface area contributed by atoms with E-state index < -0.39 is 10.0 Å². The molecule has 21 heavy (non-hydrogen) atoms. The van der Waals surface area contributed by atoms with Crippen molar-refractivity contribution in [2.24, 2.45) is 0 Å². The van der Waals surface area contributed by atoms with E-state index in [1.807, 2.05) is 0 Å². The summed E-state index contributed by atoms with van der Waals surface area (Å²) < 4.78 is 37.7. The number of aromatic nitrogens is 2. The van der Waals surface area contributed by atoms with E-state index in [-0.39, 0.29) is 16.8 Å². The lowest BCUT2D eigenvalue weighted by atomic mass is 10.1. The Balaban J connectivity index is 2.04. The summed E-state index contributed by atoms with van der Waals surface area (Å²) in [5.41, 5.74) is 6.92. The Hall–Kier alpha value is -2.29. The molecule has 0 fully saturated rings. The van der Waals surface area contributed by atoms with E-state index in [4.69, 9.17) is 14.9 Å². The van der Waals surface area contributed by atoms with Crippen LogP contribution in [0.4, 0.5) is 11.7 Å². The molecule has 9 heteroatoms. The zero-order valence-corrected chi connectivity index (χ0v) is 12.1. The van der Waals surface area contributed by atoms with Gasteiger partial charge in [0.05, 0.1) is 6.61 Å². The van der Waals surface area contributed by atoms with Crippen molar-refractivity contribution in [1.82, 2.24) is 10.2 Å². The number of nitrogens with one attached hydrogen (secondary N) is 1. The fourth-order valence-electron chi connectivity index (χ4n) is 2.18. The molecule has 0 amide bonds. The number of fused-ring (bicyclic) bond motifs is 1. The molecule has 1 aliphatic rings. The summed E-state index contributed by atoms with van der Waals surface area (Å²) in [4.78, 5) is -0.0203. The van der Waals surface area contributed by atoms with Gasteiger partial charge in [-0.1, -0.05) is 5.10 Å². The van der Waals surface area contributed by atoms with Crippen LogP contribution in [0.2, 0.25) is 0 Å². The average molecular weight is 310 g/mol. The van der Waals surface area contributed by atoms with Crippen molar-refractivity contribution in [3.05, 3.63) is 23.6 Å². The lowest BCUT2D eigenvalue weighted by Gasteiger charge is -2.20. The van der Waals surface area contributed by atoms with Crippen molar-refractivity contribution in [1.29, 1.82) is 0 Å².